The van der Waals surface area contributed by atoms with Crippen molar-refractivity contribution in [2.45, 2.75) is 69.9 Å². The Morgan fingerprint density at radius 1 is 1.25 bits per heavy atom. The molecular formula is C24H32N2O5S. The number of rotatable bonds is 7. The van der Waals surface area contributed by atoms with E-state index >= 15 is 0 Å². The quantitative estimate of drug-likeness (QED) is 0.636. The average molecular weight is 461 g/mol. The summed E-state index contributed by atoms with van der Waals surface area (Å²) in [5.74, 6) is -0.517. The lowest BCUT2D eigenvalue weighted by Gasteiger charge is -2.27. The van der Waals surface area contributed by atoms with Crippen molar-refractivity contribution in [1.82, 2.24) is 9.29 Å². The molecule has 1 N–H and O–H groups in total. The molecule has 0 unspecified atom stereocenters. The predicted molar refractivity (Wildman–Crippen MR) is 123 cm³/mol. The number of carbonyl (C=O) groups excluding carboxylic acids is 1. The molecule has 0 spiro atoms. The molecule has 1 atom stereocenters. The Bertz CT molecular complexity index is 1080. The van der Waals surface area contributed by atoms with Crippen molar-refractivity contribution < 1.29 is 23.1 Å². The monoisotopic (exact) mass is 460 g/mol. The largest absolute Gasteiger partial charge is 0.459 e. The number of aromatic nitrogens is 1. The molecule has 0 amide bonds. The van der Waals surface area contributed by atoms with Gasteiger partial charge in [0.15, 0.2) is 0 Å². The van der Waals surface area contributed by atoms with Gasteiger partial charge in [-0.3, -0.25) is 9.78 Å². The normalized spacial score (nSPS) is 17.5. The molecule has 1 aliphatic heterocycles. The van der Waals surface area contributed by atoms with Crippen molar-refractivity contribution in [3.63, 3.8) is 0 Å². The van der Waals surface area contributed by atoms with Crippen LogP contribution >= 0.6 is 0 Å². The van der Waals surface area contributed by atoms with Gasteiger partial charge in [0, 0.05) is 24.4 Å². The minimum Gasteiger partial charge on any atom is -0.459 e. The van der Waals surface area contributed by atoms with E-state index in [1.807, 2.05) is 25.1 Å². The fourth-order valence-electron chi connectivity index (χ4n) is 3.86. The standard InChI is InChI=1S/C24H32N2O5S/c1-17-12-13-22(19(16-17)20-10-5-8-18(25-20)9-7-15-27)32(29,30)26-14-6-11-21(26)23(28)31-24(2,3)4/h5,8,10,12-13,16,21,27H,6-7,9,11,14-15H2,1-4H3/t21-/m0/s1. The lowest BCUT2D eigenvalue weighted by Crippen LogP contribution is -2.43. The molecule has 2 aromatic rings. The molecule has 1 fully saturated rings. The van der Waals surface area contributed by atoms with Gasteiger partial charge in [-0.05, 0) is 77.6 Å². The zero-order chi connectivity index (χ0) is 23.5. The maximum Gasteiger partial charge on any atom is 0.324 e. The summed E-state index contributed by atoms with van der Waals surface area (Å²) in [6.45, 7) is 7.54. The van der Waals surface area contributed by atoms with E-state index in [0.717, 1.165) is 11.3 Å². The van der Waals surface area contributed by atoms with Gasteiger partial charge in [0.25, 0.3) is 0 Å². The van der Waals surface area contributed by atoms with E-state index in [1.54, 1.807) is 39.0 Å². The summed E-state index contributed by atoms with van der Waals surface area (Å²) in [6.07, 6.45) is 2.22. The molecule has 3 rings (SSSR count). The number of hydrogen-bond donors (Lipinski definition) is 1. The fourth-order valence-corrected chi connectivity index (χ4v) is 5.69. The van der Waals surface area contributed by atoms with E-state index in [0.29, 0.717) is 36.9 Å². The Balaban J connectivity index is 2.01. The van der Waals surface area contributed by atoms with Crippen molar-refractivity contribution in [3.8, 4) is 11.3 Å². The van der Waals surface area contributed by atoms with E-state index in [4.69, 9.17) is 9.84 Å². The van der Waals surface area contributed by atoms with Crippen LogP contribution < -0.4 is 0 Å². The number of nitrogens with zero attached hydrogens (tertiary/aromatic N) is 2. The summed E-state index contributed by atoms with van der Waals surface area (Å²) in [5.41, 5.74) is 2.06. The molecule has 1 aliphatic rings. The number of hydrogen-bond acceptors (Lipinski definition) is 6. The number of aliphatic hydroxyl groups is 1. The lowest BCUT2D eigenvalue weighted by molar-refractivity contribution is -0.158. The topological polar surface area (TPSA) is 96.8 Å². The summed E-state index contributed by atoms with van der Waals surface area (Å²) in [7, 11) is -3.96. The molecule has 0 saturated carbocycles. The maximum absolute atomic E-state index is 13.7. The summed E-state index contributed by atoms with van der Waals surface area (Å²) in [6, 6.07) is 9.80. The van der Waals surface area contributed by atoms with Crippen molar-refractivity contribution in [2.24, 2.45) is 0 Å². The minimum absolute atomic E-state index is 0.0665. The Morgan fingerprint density at radius 2 is 2.00 bits per heavy atom. The Labute approximate surface area is 190 Å². The van der Waals surface area contributed by atoms with Crippen LogP contribution in [0, 0.1) is 6.92 Å². The Morgan fingerprint density at radius 3 is 2.69 bits per heavy atom. The third-order valence-electron chi connectivity index (χ3n) is 5.28. The first kappa shape index (κ1) is 24.4. The van der Waals surface area contributed by atoms with Gasteiger partial charge >= 0.3 is 5.97 Å². The van der Waals surface area contributed by atoms with Crippen LogP contribution in [-0.2, 0) is 26.0 Å². The van der Waals surface area contributed by atoms with Crippen molar-refractivity contribution >= 4 is 16.0 Å². The number of ether oxygens (including phenoxy) is 1. The number of benzene rings is 1. The molecule has 174 valence electrons. The molecule has 32 heavy (non-hydrogen) atoms. The van der Waals surface area contributed by atoms with Crippen LogP contribution in [0.15, 0.2) is 41.3 Å². The van der Waals surface area contributed by atoms with E-state index in [9.17, 15) is 13.2 Å². The van der Waals surface area contributed by atoms with Crippen LogP contribution in [0.25, 0.3) is 11.3 Å². The maximum atomic E-state index is 13.7. The second-order valence-electron chi connectivity index (χ2n) is 9.15. The average Bonchev–Trinajstić information content (AvgIpc) is 3.22. The van der Waals surface area contributed by atoms with Crippen molar-refractivity contribution in [3.05, 3.63) is 47.7 Å². The molecule has 0 radical (unpaired) electrons. The highest BCUT2D eigenvalue weighted by Gasteiger charge is 2.42. The van der Waals surface area contributed by atoms with Gasteiger partial charge in [-0.25, -0.2) is 8.42 Å². The fraction of sp³-hybridized carbons (Fsp3) is 0.500. The number of carbonyl (C=O) groups is 1. The van der Waals surface area contributed by atoms with Gasteiger partial charge in [0.05, 0.1) is 10.6 Å². The summed E-state index contributed by atoms with van der Waals surface area (Å²) in [5, 5.41) is 9.11. The van der Waals surface area contributed by atoms with E-state index < -0.39 is 27.6 Å². The van der Waals surface area contributed by atoms with Gasteiger partial charge in [-0.1, -0.05) is 17.7 Å². The van der Waals surface area contributed by atoms with Crippen LogP contribution in [0.4, 0.5) is 0 Å². The highest BCUT2D eigenvalue weighted by Crippen LogP contribution is 2.34. The lowest BCUT2D eigenvalue weighted by atomic mass is 10.1. The second kappa shape index (κ2) is 9.68. The minimum atomic E-state index is -3.96. The van der Waals surface area contributed by atoms with Gasteiger partial charge in [-0.2, -0.15) is 4.31 Å². The Hall–Kier alpha value is -2.29. The van der Waals surface area contributed by atoms with E-state index in [-0.39, 0.29) is 18.0 Å². The molecule has 8 heteroatoms. The van der Waals surface area contributed by atoms with E-state index in [2.05, 4.69) is 4.98 Å². The first-order valence-corrected chi connectivity index (χ1v) is 12.4. The van der Waals surface area contributed by atoms with Gasteiger partial charge in [-0.15, -0.1) is 0 Å². The molecule has 1 saturated heterocycles. The van der Waals surface area contributed by atoms with Crippen molar-refractivity contribution in [2.75, 3.05) is 13.2 Å². The number of aryl methyl sites for hydroxylation is 2. The number of esters is 1. The molecule has 1 aromatic heterocycles. The van der Waals surface area contributed by atoms with Crippen LogP contribution in [0.5, 0.6) is 0 Å². The summed E-state index contributed by atoms with van der Waals surface area (Å²) >= 11 is 0. The highest BCUT2D eigenvalue weighted by molar-refractivity contribution is 7.89. The van der Waals surface area contributed by atoms with Crippen LogP contribution in [0.1, 0.15) is 51.3 Å². The van der Waals surface area contributed by atoms with Crippen LogP contribution in [0.3, 0.4) is 0 Å². The molecule has 2 heterocycles. The first-order chi connectivity index (χ1) is 15.0. The van der Waals surface area contributed by atoms with Gasteiger partial charge < -0.3 is 9.84 Å². The van der Waals surface area contributed by atoms with Crippen molar-refractivity contribution in [1.29, 1.82) is 0 Å². The zero-order valence-corrected chi connectivity index (χ0v) is 20.0. The number of aliphatic hydroxyl groups excluding tert-OH is 1. The molecule has 0 bridgehead atoms. The third-order valence-corrected chi connectivity index (χ3v) is 7.24. The van der Waals surface area contributed by atoms with E-state index in [1.165, 1.54) is 4.31 Å². The van der Waals surface area contributed by atoms with Crippen LogP contribution in [-0.4, -0.2) is 53.6 Å². The molecule has 0 aliphatic carbocycles. The Kier molecular flexibility index (Phi) is 7.37. The molecule has 7 nitrogen and oxygen atoms in total. The number of sulfonamides is 1. The van der Waals surface area contributed by atoms with Crippen LogP contribution in [0.2, 0.25) is 0 Å². The summed E-state index contributed by atoms with van der Waals surface area (Å²) < 4.78 is 34.2. The predicted octanol–water partition coefficient (Wildman–Crippen LogP) is 3.48. The smallest absolute Gasteiger partial charge is 0.324 e. The highest BCUT2D eigenvalue weighted by atomic mass is 32.2. The molecular weight excluding hydrogens is 428 g/mol. The SMILES string of the molecule is Cc1ccc(S(=O)(=O)N2CCC[C@H]2C(=O)OC(C)(C)C)c(-c2cccc(CCCO)n2)c1. The zero-order valence-electron chi connectivity index (χ0n) is 19.2. The summed E-state index contributed by atoms with van der Waals surface area (Å²) in [4.78, 5) is 17.5. The van der Waals surface area contributed by atoms with Gasteiger partial charge in [0.1, 0.15) is 11.6 Å². The second-order valence-corrected chi connectivity index (χ2v) is 11.0. The molecule has 1 aromatic carbocycles. The third kappa shape index (κ3) is 5.54. The first-order valence-electron chi connectivity index (χ1n) is 11.0. The number of pyridine rings is 1. The van der Waals surface area contributed by atoms with Gasteiger partial charge in [0.2, 0.25) is 10.0 Å².